The average molecular weight is 735 g/mol. The van der Waals surface area contributed by atoms with Gasteiger partial charge in [-0.15, -0.1) is 9.15 Å². The summed E-state index contributed by atoms with van der Waals surface area (Å²) in [7, 11) is 0. The van der Waals surface area contributed by atoms with Crippen LogP contribution in [0.1, 0.15) is 106 Å². The molecule has 4 aromatic carbocycles. The Morgan fingerprint density at radius 2 is 0.768 bits per heavy atom. The predicted octanol–water partition coefficient (Wildman–Crippen LogP) is 8.33. The van der Waals surface area contributed by atoms with Crippen LogP contribution in [0.15, 0.2) is 26.0 Å². The van der Waals surface area contributed by atoms with Gasteiger partial charge in [-0.25, -0.2) is 0 Å². The maximum absolute atomic E-state index is 5.88. The molecule has 6 aliphatic heterocycles. The van der Waals surface area contributed by atoms with Crippen LogP contribution in [-0.2, 0) is 5.91 Å². The summed E-state index contributed by atoms with van der Waals surface area (Å²) in [6.07, 6.45) is 0. The van der Waals surface area contributed by atoms with Crippen LogP contribution in [0.3, 0.4) is 0 Å². The summed E-state index contributed by atoms with van der Waals surface area (Å²) in [4.78, 5) is 23.5. The van der Waals surface area contributed by atoms with E-state index in [9.17, 15) is 0 Å². The van der Waals surface area contributed by atoms with E-state index in [0.717, 1.165) is 46.0 Å². The SMILES string of the molecule is Cc1cc(C)c2c3n4c(c2c1C)=NC1=[N+]2C(=Nc5c6c(C)c(C)c(C)c(C)c6c6n5C42[N+]2=C(N=3)c3c(C)c(C)c(C)c(C)c3C2=N6)c2c(C)c(C)c(C)c(C)c21. The molecule has 6 aliphatic rings. The first-order valence-corrected chi connectivity index (χ1v) is 20.0. The molecule has 2 aromatic heterocycles. The van der Waals surface area contributed by atoms with Gasteiger partial charge < -0.3 is 0 Å². The molecule has 0 bridgehead atoms. The van der Waals surface area contributed by atoms with Crippen LogP contribution in [0.25, 0.3) is 21.5 Å². The summed E-state index contributed by atoms with van der Waals surface area (Å²) in [5, 5.41) is 4.71. The summed E-state index contributed by atoms with van der Waals surface area (Å²) in [6, 6.07) is 2.33. The lowest BCUT2D eigenvalue weighted by atomic mass is 9.89. The number of aryl methyl sites for hydroxylation is 5. The minimum Gasteiger partial charge on any atom is -0.192 e. The fraction of sp³-hybridized carbons (Fsp3) is 0.333. The zero-order chi connectivity index (χ0) is 39.2. The second-order valence-electron chi connectivity index (χ2n) is 17.6. The van der Waals surface area contributed by atoms with Crippen LogP contribution in [0.5, 0.6) is 0 Å². The molecule has 8 nitrogen and oxygen atoms in total. The van der Waals surface area contributed by atoms with E-state index in [0.29, 0.717) is 0 Å². The third-order valence-corrected chi connectivity index (χ3v) is 15.6. The molecule has 0 amide bonds. The van der Waals surface area contributed by atoms with E-state index in [1.54, 1.807) is 0 Å². The molecule has 0 fully saturated rings. The Balaban J connectivity index is 1.47. The second kappa shape index (κ2) is 9.43. The molecule has 56 heavy (non-hydrogen) atoms. The summed E-state index contributed by atoms with van der Waals surface area (Å²) in [6.45, 7) is 34.0. The lowest BCUT2D eigenvalue weighted by Gasteiger charge is -2.40. The quantitative estimate of drug-likeness (QED) is 0.141. The number of aliphatic imine (C=N–C) groups is 2. The summed E-state index contributed by atoms with van der Waals surface area (Å²) < 4.78 is 9.95. The lowest BCUT2D eigenvalue weighted by molar-refractivity contribution is -0.790. The molecule has 0 aliphatic carbocycles. The second-order valence-corrected chi connectivity index (χ2v) is 17.6. The van der Waals surface area contributed by atoms with Crippen LogP contribution in [0.4, 0.5) is 11.6 Å². The van der Waals surface area contributed by atoms with Gasteiger partial charge in [0.2, 0.25) is 22.6 Å². The summed E-state index contributed by atoms with van der Waals surface area (Å²) in [5.74, 6) is 4.69. The Bertz CT molecular complexity index is 3390. The van der Waals surface area contributed by atoms with E-state index < -0.39 is 5.91 Å². The number of rotatable bonds is 0. The third kappa shape index (κ3) is 2.97. The average Bonchev–Trinajstić information content (AvgIpc) is 3.90. The number of benzene rings is 4. The van der Waals surface area contributed by atoms with Gasteiger partial charge in [0.15, 0.2) is 0 Å². The van der Waals surface area contributed by atoms with Crippen molar-refractivity contribution < 1.29 is 9.15 Å². The van der Waals surface area contributed by atoms with Crippen LogP contribution in [0.2, 0.25) is 0 Å². The van der Waals surface area contributed by atoms with Crippen molar-refractivity contribution in [2.24, 2.45) is 20.0 Å². The lowest BCUT2D eigenvalue weighted by Crippen LogP contribution is -2.71. The molecule has 8 heteroatoms. The third-order valence-electron chi connectivity index (χ3n) is 15.6. The minimum absolute atomic E-state index is 0.947. The molecule has 8 heterocycles. The van der Waals surface area contributed by atoms with Gasteiger partial charge in [-0.2, -0.15) is 9.13 Å². The minimum atomic E-state index is -1.03. The largest absolute Gasteiger partial charge is 0.404 e. The van der Waals surface area contributed by atoms with Crippen molar-refractivity contribution in [1.82, 2.24) is 9.13 Å². The number of hydrogen-bond acceptors (Lipinski definition) is 4. The predicted molar refractivity (Wildman–Crippen MR) is 225 cm³/mol. The summed E-state index contributed by atoms with van der Waals surface area (Å²) >= 11 is 0. The highest BCUT2D eigenvalue weighted by Gasteiger charge is 2.70. The Morgan fingerprint density at radius 1 is 0.375 bits per heavy atom. The van der Waals surface area contributed by atoms with Crippen LogP contribution in [-0.4, -0.2) is 41.6 Å². The van der Waals surface area contributed by atoms with Gasteiger partial charge in [0.25, 0.3) is 23.3 Å². The fourth-order valence-electron chi connectivity index (χ4n) is 11.6. The van der Waals surface area contributed by atoms with Crippen LogP contribution in [0, 0.1) is 104 Å². The van der Waals surface area contributed by atoms with Gasteiger partial charge >= 0.3 is 5.91 Å². The monoisotopic (exact) mass is 734 g/mol. The Morgan fingerprint density at radius 3 is 1.21 bits per heavy atom. The van der Waals surface area contributed by atoms with Crippen molar-refractivity contribution in [3.8, 4) is 0 Å². The standard InChI is InChI=1S/C48H46N8/c1-17-16-18(2)32-33(19(17)3)41-50-43-36-28(12)22(6)23(7)29(13)37(36)45-52-47-39-31(15)25(9)24(8)30(14)38(39)46-51-44-35-27(11)21(5)20(4)26(10)34(35)42-49-40(32)53(41)48(54(42)44,55(43)45)56(46)47/h16H,1-15H3/q+2. The van der Waals surface area contributed by atoms with E-state index >= 15 is 0 Å². The van der Waals surface area contributed by atoms with Gasteiger partial charge in [-0.1, -0.05) is 26.0 Å². The fourth-order valence-corrected chi connectivity index (χ4v) is 11.6. The van der Waals surface area contributed by atoms with Gasteiger partial charge in [-0.05, 0) is 187 Å². The Kier molecular flexibility index (Phi) is 5.47. The zero-order valence-corrected chi connectivity index (χ0v) is 35.2. The van der Waals surface area contributed by atoms with Gasteiger partial charge in [-0.3, -0.25) is 0 Å². The van der Waals surface area contributed by atoms with E-state index in [-0.39, 0.29) is 0 Å². The van der Waals surface area contributed by atoms with Crippen molar-refractivity contribution in [2.45, 2.75) is 110 Å². The van der Waals surface area contributed by atoms with Crippen molar-refractivity contribution in [2.75, 3.05) is 0 Å². The summed E-state index contributed by atoms with van der Waals surface area (Å²) in [5.41, 5.74) is 25.7. The number of amidine groups is 4. The molecule has 1 spiro atoms. The molecule has 12 rings (SSSR count). The van der Waals surface area contributed by atoms with Crippen molar-refractivity contribution in [1.29, 1.82) is 0 Å². The van der Waals surface area contributed by atoms with E-state index in [4.69, 9.17) is 20.0 Å². The molecule has 6 aromatic rings. The molecule has 1 atom stereocenters. The molecular weight excluding hydrogens is 689 g/mol. The molecule has 0 N–H and O–H groups in total. The Labute approximate surface area is 326 Å². The highest BCUT2D eigenvalue weighted by atomic mass is 15.7. The molecule has 0 radical (unpaired) electrons. The smallest absolute Gasteiger partial charge is 0.192 e. The van der Waals surface area contributed by atoms with E-state index in [1.165, 1.54) is 127 Å². The van der Waals surface area contributed by atoms with E-state index in [1.807, 2.05) is 0 Å². The highest BCUT2D eigenvalue weighted by Crippen LogP contribution is 2.56. The zero-order valence-electron chi connectivity index (χ0n) is 35.2. The Hall–Kier alpha value is -5.76. The van der Waals surface area contributed by atoms with Crippen LogP contribution < -0.4 is 11.0 Å². The number of fused-ring (bicyclic) bond motifs is 12. The maximum Gasteiger partial charge on any atom is 0.404 e. The van der Waals surface area contributed by atoms with Gasteiger partial charge in [0, 0.05) is 0 Å². The number of hydrogen-bond donors (Lipinski definition) is 0. The topological polar surface area (TPSA) is 65.3 Å². The molecular formula is C48H46N8+2. The number of nitrogens with zero attached hydrogens (tertiary/aromatic N) is 8. The molecule has 1 unspecified atom stereocenters. The molecule has 276 valence electrons. The first kappa shape index (κ1) is 32.5. The van der Waals surface area contributed by atoms with Crippen molar-refractivity contribution in [3.05, 3.63) is 123 Å². The van der Waals surface area contributed by atoms with Gasteiger partial charge in [0.1, 0.15) is 0 Å². The molecule has 0 saturated heterocycles. The normalized spacial score (nSPS) is 18.7. The van der Waals surface area contributed by atoms with Crippen molar-refractivity contribution in [3.63, 3.8) is 0 Å². The first-order chi connectivity index (χ1) is 26.6. The first-order valence-electron chi connectivity index (χ1n) is 20.0. The van der Waals surface area contributed by atoms with Crippen LogP contribution >= 0.6 is 0 Å². The highest BCUT2D eigenvalue weighted by molar-refractivity contribution is 6.22. The number of aromatic nitrogens is 2. The maximum atomic E-state index is 5.88. The van der Waals surface area contributed by atoms with Gasteiger partial charge in [0.05, 0.1) is 43.8 Å². The van der Waals surface area contributed by atoms with E-state index in [2.05, 4.69) is 128 Å². The molecule has 0 saturated carbocycles. The van der Waals surface area contributed by atoms with Crippen molar-refractivity contribution >= 4 is 56.5 Å².